The van der Waals surface area contributed by atoms with Crippen LogP contribution in [0.5, 0.6) is 0 Å². The number of nitrogens with zero attached hydrogens (tertiary/aromatic N) is 4. The first-order valence-corrected chi connectivity index (χ1v) is 9.76. The van der Waals surface area contributed by atoms with Gasteiger partial charge in [-0.2, -0.15) is 10.2 Å². The third kappa shape index (κ3) is 3.72. The van der Waals surface area contributed by atoms with Crippen molar-refractivity contribution in [3.05, 3.63) is 86.9 Å². The fraction of sp³-hybridized carbons (Fsp3) is 0.0909. The predicted octanol–water partition coefficient (Wildman–Crippen LogP) is 4.34. The van der Waals surface area contributed by atoms with Crippen LogP contribution in [-0.2, 0) is 0 Å². The quantitative estimate of drug-likeness (QED) is 0.476. The molecule has 4 rings (SSSR count). The molecule has 0 fully saturated rings. The number of halogens is 3. The smallest absolute Gasteiger partial charge is 0.264 e. The fourth-order valence-electron chi connectivity index (χ4n) is 3.42. The minimum atomic E-state index is -1.10. The lowest BCUT2D eigenvalue weighted by Gasteiger charge is -2.22. The van der Waals surface area contributed by atoms with Crippen LogP contribution in [0.1, 0.15) is 24.2 Å². The second-order valence-corrected chi connectivity index (χ2v) is 7.39. The molecule has 4 aromatic rings. The predicted molar refractivity (Wildman–Crippen MR) is 118 cm³/mol. The van der Waals surface area contributed by atoms with E-state index in [1.165, 1.54) is 16.8 Å². The zero-order valence-electron chi connectivity index (χ0n) is 16.6. The lowest BCUT2D eigenvalue weighted by Crippen LogP contribution is -2.26. The Labute approximate surface area is 185 Å². The number of rotatable bonds is 4. The van der Waals surface area contributed by atoms with Gasteiger partial charge in [-0.3, -0.25) is 9.36 Å². The molecule has 2 aromatic carbocycles. The number of benzene rings is 2. The first-order valence-electron chi connectivity index (χ1n) is 9.39. The standard InChI is InChI=1S/C22H15ClF2N6O/c1-11(29-20-13(9-26)10-28-22(27)30-20)18-7-12-3-2-4-15(23)19(12)21(32)31(18)14-5-6-16(24)17(25)8-14/h2-8,10-11H,1H3,(H3,27,28,29,30). The molecule has 0 aliphatic carbocycles. The van der Waals surface area contributed by atoms with Crippen LogP contribution in [0.25, 0.3) is 16.5 Å². The van der Waals surface area contributed by atoms with Gasteiger partial charge in [0.25, 0.3) is 5.56 Å². The SMILES string of the molecule is CC(Nc1nc(N)ncc1C#N)c1cc2cccc(Cl)c2c(=O)n1-c1ccc(F)c(F)c1. The van der Waals surface area contributed by atoms with Crippen LogP contribution >= 0.6 is 11.6 Å². The Morgan fingerprint density at radius 3 is 2.72 bits per heavy atom. The summed E-state index contributed by atoms with van der Waals surface area (Å²) in [5.74, 6) is -2.01. The van der Waals surface area contributed by atoms with Crippen LogP contribution in [0, 0.1) is 23.0 Å². The monoisotopic (exact) mass is 452 g/mol. The molecule has 0 saturated carbocycles. The lowest BCUT2D eigenvalue weighted by molar-refractivity contribution is 0.507. The Morgan fingerprint density at radius 1 is 1.22 bits per heavy atom. The normalized spacial score (nSPS) is 11.8. The summed E-state index contributed by atoms with van der Waals surface area (Å²) in [7, 11) is 0. The molecule has 0 bridgehead atoms. The number of nitrogens with one attached hydrogen (secondary N) is 1. The van der Waals surface area contributed by atoms with Crippen molar-refractivity contribution in [1.29, 1.82) is 5.26 Å². The molecule has 160 valence electrons. The Hall–Kier alpha value is -4.03. The van der Waals surface area contributed by atoms with E-state index in [9.17, 15) is 18.8 Å². The molecular weight excluding hydrogens is 438 g/mol. The number of nitrogen functional groups attached to an aromatic ring is 1. The molecule has 3 N–H and O–H groups in total. The molecule has 10 heteroatoms. The summed E-state index contributed by atoms with van der Waals surface area (Å²) in [6.07, 6.45) is 1.28. The Bertz CT molecular complexity index is 1460. The fourth-order valence-corrected chi connectivity index (χ4v) is 3.68. The van der Waals surface area contributed by atoms with Crippen LogP contribution in [-0.4, -0.2) is 14.5 Å². The lowest BCUT2D eigenvalue weighted by atomic mass is 10.1. The highest BCUT2D eigenvalue weighted by Gasteiger charge is 2.20. The molecule has 2 heterocycles. The van der Waals surface area contributed by atoms with Crippen LogP contribution in [0.3, 0.4) is 0 Å². The molecule has 2 aromatic heterocycles. The largest absolute Gasteiger partial charge is 0.368 e. The minimum absolute atomic E-state index is 0.0398. The van der Waals surface area contributed by atoms with Gasteiger partial charge in [0.05, 0.1) is 28.3 Å². The molecule has 1 unspecified atom stereocenters. The summed E-state index contributed by atoms with van der Waals surface area (Å²) in [4.78, 5) is 21.3. The molecule has 0 amide bonds. The van der Waals surface area contributed by atoms with Gasteiger partial charge in [0, 0.05) is 11.8 Å². The summed E-state index contributed by atoms with van der Waals surface area (Å²) >= 11 is 6.27. The van der Waals surface area contributed by atoms with Gasteiger partial charge >= 0.3 is 0 Å². The Morgan fingerprint density at radius 2 is 2.00 bits per heavy atom. The van der Waals surface area contributed by atoms with Crippen LogP contribution < -0.4 is 16.6 Å². The van der Waals surface area contributed by atoms with Gasteiger partial charge in [-0.15, -0.1) is 0 Å². The van der Waals surface area contributed by atoms with Crippen molar-refractivity contribution in [2.45, 2.75) is 13.0 Å². The molecule has 1 atom stereocenters. The highest BCUT2D eigenvalue weighted by atomic mass is 35.5. The van der Waals surface area contributed by atoms with E-state index in [0.29, 0.717) is 11.1 Å². The Kier molecular flexibility index (Phi) is 5.47. The third-order valence-corrected chi connectivity index (χ3v) is 5.23. The first-order chi connectivity index (χ1) is 15.3. The summed E-state index contributed by atoms with van der Waals surface area (Å²) in [5.41, 5.74) is 5.80. The topological polar surface area (TPSA) is 110 Å². The molecule has 0 aliphatic rings. The number of anilines is 2. The van der Waals surface area contributed by atoms with E-state index in [0.717, 1.165) is 12.1 Å². The zero-order valence-corrected chi connectivity index (χ0v) is 17.4. The van der Waals surface area contributed by atoms with E-state index in [1.54, 1.807) is 31.2 Å². The maximum atomic E-state index is 14.0. The molecule has 0 saturated heterocycles. The van der Waals surface area contributed by atoms with Gasteiger partial charge in [-0.25, -0.2) is 13.8 Å². The summed E-state index contributed by atoms with van der Waals surface area (Å²) in [6, 6.07) is 11.2. The van der Waals surface area contributed by atoms with Crippen molar-refractivity contribution in [3.63, 3.8) is 0 Å². The van der Waals surface area contributed by atoms with E-state index < -0.39 is 23.2 Å². The molecule has 32 heavy (non-hydrogen) atoms. The summed E-state index contributed by atoms with van der Waals surface area (Å²) < 4.78 is 28.8. The van der Waals surface area contributed by atoms with E-state index in [-0.39, 0.29) is 33.4 Å². The average molecular weight is 453 g/mol. The minimum Gasteiger partial charge on any atom is -0.368 e. The number of aromatic nitrogens is 3. The number of hydrogen-bond donors (Lipinski definition) is 2. The van der Waals surface area contributed by atoms with Gasteiger partial charge in [-0.05, 0) is 36.6 Å². The molecule has 0 radical (unpaired) electrons. The van der Waals surface area contributed by atoms with Crippen LogP contribution in [0.15, 0.2) is 53.5 Å². The number of nitrogens with two attached hydrogens (primary N) is 1. The number of fused-ring (bicyclic) bond motifs is 1. The number of pyridine rings is 1. The second-order valence-electron chi connectivity index (χ2n) is 6.98. The number of nitriles is 1. The van der Waals surface area contributed by atoms with Gasteiger partial charge in [0.1, 0.15) is 17.5 Å². The van der Waals surface area contributed by atoms with Crippen LogP contribution in [0.2, 0.25) is 5.02 Å². The zero-order chi connectivity index (χ0) is 23.0. The average Bonchev–Trinajstić information content (AvgIpc) is 2.76. The highest BCUT2D eigenvalue weighted by molar-refractivity contribution is 6.35. The van der Waals surface area contributed by atoms with Gasteiger partial charge in [0.15, 0.2) is 11.6 Å². The van der Waals surface area contributed by atoms with Gasteiger partial charge in [0.2, 0.25) is 5.95 Å². The Balaban J connectivity index is 1.96. The summed E-state index contributed by atoms with van der Waals surface area (Å²) in [6.45, 7) is 1.72. The molecule has 0 aliphatic heterocycles. The second kappa shape index (κ2) is 8.24. The van der Waals surface area contributed by atoms with E-state index in [4.69, 9.17) is 17.3 Å². The van der Waals surface area contributed by atoms with Crippen molar-refractivity contribution < 1.29 is 8.78 Å². The van der Waals surface area contributed by atoms with Crippen molar-refractivity contribution in [2.24, 2.45) is 0 Å². The maximum absolute atomic E-state index is 14.0. The molecule has 7 nitrogen and oxygen atoms in total. The van der Waals surface area contributed by atoms with E-state index in [1.807, 2.05) is 6.07 Å². The van der Waals surface area contributed by atoms with E-state index >= 15 is 0 Å². The maximum Gasteiger partial charge on any atom is 0.264 e. The summed E-state index contributed by atoms with van der Waals surface area (Å²) in [5, 5.41) is 13.4. The van der Waals surface area contributed by atoms with Crippen molar-refractivity contribution >= 4 is 34.1 Å². The first kappa shape index (κ1) is 21.2. The molecule has 0 spiro atoms. The highest BCUT2D eigenvalue weighted by Crippen LogP contribution is 2.28. The van der Waals surface area contributed by atoms with Gasteiger partial charge < -0.3 is 11.1 Å². The van der Waals surface area contributed by atoms with Crippen molar-refractivity contribution in [1.82, 2.24) is 14.5 Å². The van der Waals surface area contributed by atoms with Gasteiger partial charge in [-0.1, -0.05) is 23.7 Å². The van der Waals surface area contributed by atoms with Crippen molar-refractivity contribution in [3.8, 4) is 11.8 Å². The van der Waals surface area contributed by atoms with E-state index in [2.05, 4.69) is 15.3 Å². The number of hydrogen-bond acceptors (Lipinski definition) is 6. The van der Waals surface area contributed by atoms with Crippen LogP contribution in [0.4, 0.5) is 20.5 Å². The molecular formula is C22H15ClF2N6O. The third-order valence-electron chi connectivity index (χ3n) is 4.91. The van der Waals surface area contributed by atoms with Crippen molar-refractivity contribution in [2.75, 3.05) is 11.1 Å².